The lowest BCUT2D eigenvalue weighted by Gasteiger charge is -2.08. The normalized spacial score (nSPS) is 10.9. The van der Waals surface area contributed by atoms with Gasteiger partial charge in [0.2, 0.25) is 5.91 Å². The van der Waals surface area contributed by atoms with Crippen LogP contribution < -0.4 is 16.2 Å². The number of anilines is 1. The SMILES string of the molecule is CCc1ccc(NC(=O)Cn2ncn3c(C)c(C(=O)NCc4ccccc4)c(C)c3c2=O)cc1. The third-order valence-electron chi connectivity index (χ3n) is 5.90. The fourth-order valence-corrected chi connectivity index (χ4v) is 4.03. The molecule has 0 saturated heterocycles. The van der Waals surface area contributed by atoms with E-state index >= 15 is 0 Å². The molecule has 4 rings (SSSR count). The first-order valence-electron chi connectivity index (χ1n) is 11.2. The molecule has 0 bridgehead atoms. The highest BCUT2D eigenvalue weighted by atomic mass is 16.2. The quantitative estimate of drug-likeness (QED) is 0.445. The number of nitrogens with zero attached hydrogens (tertiary/aromatic N) is 3. The van der Waals surface area contributed by atoms with Gasteiger partial charge in [0.05, 0.1) is 5.56 Å². The van der Waals surface area contributed by atoms with Crippen LogP contribution in [0.5, 0.6) is 0 Å². The number of hydrogen-bond donors (Lipinski definition) is 2. The summed E-state index contributed by atoms with van der Waals surface area (Å²) >= 11 is 0. The van der Waals surface area contributed by atoms with Crippen LogP contribution in [0, 0.1) is 13.8 Å². The lowest BCUT2D eigenvalue weighted by atomic mass is 10.1. The molecule has 2 aromatic heterocycles. The first kappa shape index (κ1) is 23.0. The summed E-state index contributed by atoms with van der Waals surface area (Å²) in [6, 6.07) is 17.2. The maximum Gasteiger partial charge on any atom is 0.291 e. The molecule has 0 fully saturated rings. The number of hydrogen-bond acceptors (Lipinski definition) is 4. The number of carbonyl (C=O) groups excluding carboxylic acids is 2. The van der Waals surface area contributed by atoms with E-state index in [0.717, 1.165) is 16.7 Å². The van der Waals surface area contributed by atoms with Crippen LogP contribution in [0.3, 0.4) is 0 Å². The summed E-state index contributed by atoms with van der Waals surface area (Å²) < 4.78 is 2.72. The predicted octanol–water partition coefficient (Wildman–Crippen LogP) is 3.24. The Morgan fingerprint density at radius 1 is 0.971 bits per heavy atom. The van der Waals surface area contributed by atoms with E-state index in [4.69, 9.17) is 0 Å². The van der Waals surface area contributed by atoms with Crippen molar-refractivity contribution in [2.45, 2.75) is 40.3 Å². The lowest BCUT2D eigenvalue weighted by molar-refractivity contribution is -0.117. The maximum atomic E-state index is 13.2. The Labute approximate surface area is 197 Å². The second-order valence-corrected chi connectivity index (χ2v) is 8.16. The van der Waals surface area contributed by atoms with Gasteiger partial charge in [-0.15, -0.1) is 0 Å². The highest BCUT2D eigenvalue weighted by molar-refractivity contribution is 5.99. The monoisotopic (exact) mass is 457 g/mol. The minimum atomic E-state index is -0.429. The van der Waals surface area contributed by atoms with E-state index in [1.165, 1.54) is 11.9 Å². The number of amides is 2. The molecule has 0 aliphatic carbocycles. The second kappa shape index (κ2) is 9.74. The van der Waals surface area contributed by atoms with Gasteiger partial charge in [-0.2, -0.15) is 5.10 Å². The molecule has 0 spiro atoms. The maximum absolute atomic E-state index is 13.2. The Kier molecular flexibility index (Phi) is 6.58. The summed E-state index contributed by atoms with van der Waals surface area (Å²) in [6.07, 6.45) is 2.38. The molecule has 0 aliphatic rings. The van der Waals surface area contributed by atoms with Gasteiger partial charge in [-0.3, -0.25) is 18.8 Å². The lowest BCUT2D eigenvalue weighted by Crippen LogP contribution is -2.30. The molecule has 0 aliphatic heterocycles. The number of rotatable bonds is 7. The zero-order valence-electron chi connectivity index (χ0n) is 19.5. The van der Waals surface area contributed by atoms with E-state index < -0.39 is 5.56 Å². The first-order valence-corrected chi connectivity index (χ1v) is 11.2. The van der Waals surface area contributed by atoms with Gasteiger partial charge in [0, 0.05) is 17.9 Å². The number of aromatic nitrogens is 3. The van der Waals surface area contributed by atoms with E-state index in [-0.39, 0.29) is 18.4 Å². The minimum Gasteiger partial charge on any atom is -0.348 e. The highest BCUT2D eigenvalue weighted by Gasteiger charge is 2.22. The third kappa shape index (κ3) is 4.61. The van der Waals surface area contributed by atoms with E-state index in [2.05, 4.69) is 22.7 Å². The fourth-order valence-electron chi connectivity index (χ4n) is 4.03. The van der Waals surface area contributed by atoms with Crippen molar-refractivity contribution in [3.8, 4) is 0 Å². The molecule has 2 amide bonds. The summed E-state index contributed by atoms with van der Waals surface area (Å²) in [6.45, 7) is 5.72. The topological polar surface area (TPSA) is 97.5 Å². The summed E-state index contributed by atoms with van der Waals surface area (Å²) in [5.41, 5.74) is 4.32. The molecule has 174 valence electrons. The van der Waals surface area contributed by atoms with Gasteiger partial charge in [-0.05, 0) is 49.1 Å². The Balaban J connectivity index is 1.55. The van der Waals surface area contributed by atoms with Crippen LogP contribution in [0.4, 0.5) is 5.69 Å². The van der Waals surface area contributed by atoms with Gasteiger partial charge >= 0.3 is 0 Å². The zero-order valence-corrected chi connectivity index (χ0v) is 19.5. The summed E-state index contributed by atoms with van der Waals surface area (Å²) in [5.74, 6) is -0.619. The Morgan fingerprint density at radius 3 is 2.35 bits per heavy atom. The molecular formula is C26H27N5O3. The zero-order chi connectivity index (χ0) is 24.2. The largest absolute Gasteiger partial charge is 0.348 e. The molecule has 0 saturated carbocycles. The third-order valence-corrected chi connectivity index (χ3v) is 5.90. The number of benzene rings is 2. The van der Waals surface area contributed by atoms with Crippen molar-refractivity contribution in [1.29, 1.82) is 0 Å². The standard InChI is InChI=1S/C26H27N5O3/c1-4-19-10-12-21(13-11-19)29-22(32)15-31-26(34)24-17(2)23(18(3)30(24)16-28-31)25(33)27-14-20-8-6-5-7-9-20/h5-13,16H,4,14-15H2,1-3H3,(H,27,33)(H,29,32). The number of fused-ring (bicyclic) bond motifs is 1. The molecular weight excluding hydrogens is 430 g/mol. The molecule has 8 heteroatoms. The molecule has 34 heavy (non-hydrogen) atoms. The fraction of sp³-hybridized carbons (Fsp3) is 0.231. The Bertz CT molecular complexity index is 1400. The second-order valence-electron chi connectivity index (χ2n) is 8.16. The van der Waals surface area contributed by atoms with E-state index in [9.17, 15) is 14.4 Å². The molecule has 2 N–H and O–H groups in total. The van der Waals surface area contributed by atoms with E-state index in [1.807, 2.05) is 54.6 Å². The van der Waals surface area contributed by atoms with Gasteiger partial charge in [0.15, 0.2) is 0 Å². The average Bonchev–Trinajstić information content (AvgIpc) is 3.10. The van der Waals surface area contributed by atoms with E-state index in [1.54, 1.807) is 18.2 Å². The highest BCUT2D eigenvalue weighted by Crippen LogP contribution is 2.20. The Morgan fingerprint density at radius 2 is 1.68 bits per heavy atom. The van der Waals surface area contributed by atoms with Crippen molar-refractivity contribution in [1.82, 2.24) is 19.5 Å². The summed E-state index contributed by atoms with van der Waals surface area (Å²) in [4.78, 5) is 38.6. The molecule has 2 heterocycles. The summed E-state index contributed by atoms with van der Waals surface area (Å²) in [5, 5.41) is 9.86. The average molecular weight is 458 g/mol. The van der Waals surface area contributed by atoms with Crippen LogP contribution in [0.15, 0.2) is 65.7 Å². The molecule has 4 aromatic rings. The minimum absolute atomic E-state index is 0.232. The summed E-state index contributed by atoms with van der Waals surface area (Å²) in [7, 11) is 0. The van der Waals surface area contributed by atoms with Crippen LogP contribution in [-0.4, -0.2) is 26.0 Å². The van der Waals surface area contributed by atoms with E-state index in [0.29, 0.717) is 34.6 Å². The number of nitrogens with one attached hydrogen (secondary N) is 2. The Hall–Kier alpha value is -4.20. The van der Waals surface area contributed by atoms with Gasteiger partial charge in [-0.25, -0.2) is 4.68 Å². The van der Waals surface area contributed by atoms with Crippen molar-refractivity contribution in [3.63, 3.8) is 0 Å². The van der Waals surface area contributed by atoms with Gasteiger partial charge in [0.1, 0.15) is 18.4 Å². The van der Waals surface area contributed by atoms with Crippen LogP contribution in [0.1, 0.15) is 39.7 Å². The smallest absolute Gasteiger partial charge is 0.291 e. The van der Waals surface area contributed by atoms with Crippen LogP contribution in [0.25, 0.3) is 5.52 Å². The molecule has 8 nitrogen and oxygen atoms in total. The van der Waals surface area contributed by atoms with Gasteiger partial charge in [0.25, 0.3) is 11.5 Å². The van der Waals surface area contributed by atoms with Crippen molar-refractivity contribution in [2.75, 3.05) is 5.32 Å². The predicted molar refractivity (Wildman–Crippen MR) is 131 cm³/mol. The molecule has 2 aromatic carbocycles. The first-order chi connectivity index (χ1) is 16.4. The molecule has 0 atom stereocenters. The van der Waals surface area contributed by atoms with Crippen LogP contribution in [0.2, 0.25) is 0 Å². The van der Waals surface area contributed by atoms with Crippen LogP contribution in [-0.2, 0) is 24.3 Å². The van der Waals surface area contributed by atoms with Crippen molar-refractivity contribution >= 4 is 23.0 Å². The molecule has 0 unspecified atom stereocenters. The van der Waals surface area contributed by atoms with Crippen LogP contribution >= 0.6 is 0 Å². The molecule has 0 radical (unpaired) electrons. The van der Waals surface area contributed by atoms with Crippen molar-refractivity contribution in [2.24, 2.45) is 0 Å². The number of carbonyl (C=O) groups is 2. The van der Waals surface area contributed by atoms with Gasteiger partial charge < -0.3 is 10.6 Å². The van der Waals surface area contributed by atoms with Crippen molar-refractivity contribution < 1.29 is 9.59 Å². The van der Waals surface area contributed by atoms with Gasteiger partial charge in [-0.1, -0.05) is 49.4 Å². The van der Waals surface area contributed by atoms with Crippen molar-refractivity contribution in [3.05, 3.63) is 99.2 Å². The number of aryl methyl sites for hydroxylation is 3.